The molecule has 1 unspecified atom stereocenters. The van der Waals surface area contributed by atoms with Crippen molar-refractivity contribution >= 4 is 17.8 Å². The Kier molecular flexibility index (Phi) is 4.40. The topological polar surface area (TPSA) is 84.4 Å². The molecule has 0 saturated carbocycles. The van der Waals surface area contributed by atoms with Crippen LogP contribution in [0.25, 0.3) is 0 Å². The van der Waals surface area contributed by atoms with Gasteiger partial charge in [-0.25, -0.2) is 9.97 Å². The van der Waals surface area contributed by atoms with Crippen LogP contribution in [0.1, 0.15) is 6.42 Å². The second-order valence-electron chi connectivity index (χ2n) is 4.30. The van der Waals surface area contributed by atoms with E-state index in [1.165, 1.54) is 0 Å². The number of methoxy groups -OCH3 is 1. The first-order chi connectivity index (χ1) is 9.20. The number of anilines is 1. The lowest BCUT2D eigenvalue weighted by atomic mass is 10.1. The highest BCUT2D eigenvalue weighted by Crippen LogP contribution is 2.18. The van der Waals surface area contributed by atoms with Crippen molar-refractivity contribution in [1.82, 2.24) is 14.9 Å². The number of nitrogens with zero attached hydrogens (tertiary/aromatic N) is 3. The minimum Gasteiger partial charge on any atom is -0.383 e. The van der Waals surface area contributed by atoms with E-state index in [0.717, 1.165) is 0 Å². The second-order valence-corrected chi connectivity index (χ2v) is 4.30. The van der Waals surface area contributed by atoms with E-state index in [4.69, 9.17) is 4.74 Å². The van der Waals surface area contributed by atoms with Crippen LogP contribution in [0.2, 0.25) is 0 Å². The Balaban J connectivity index is 1.89. The van der Waals surface area contributed by atoms with Crippen molar-refractivity contribution < 1.29 is 14.3 Å². The highest BCUT2D eigenvalue weighted by atomic mass is 16.5. The van der Waals surface area contributed by atoms with E-state index in [1.807, 2.05) is 0 Å². The van der Waals surface area contributed by atoms with Crippen LogP contribution in [0.4, 0.5) is 5.95 Å². The Hall–Kier alpha value is -2.02. The molecule has 2 amide bonds. The number of nitrogens with one attached hydrogen (secondary N) is 1. The van der Waals surface area contributed by atoms with Gasteiger partial charge in [0.15, 0.2) is 0 Å². The number of hydrogen-bond acceptors (Lipinski definition) is 5. The zero-order chi connectivity index (χ0) is 13.7. The molecule has 1 fully saturated rings. The van der Waals surface area contributed by atoms with Gasteiger partial charge >= 0.3 is 0 Å². The van der Waals surface area contributed by atoms with Crippen LogP contribution in [-0.2, 0) is 14.3 Å². The Morgan fingerprint density at radius 3 is 2.95 bits per heavy atom. The van der Waals surface area contributed by atoms with Gasteiger partial charge in [-0.15, -0.1) is 0 Å². The van der Waals surface area contributed by atoms with Gasteiger partial charge < -0.3 is 9.64 Å². The summed E-state index contributed by atoms with van der Waals surface area (Å²) in [6, 6.07) is 1.67. The molecule has 0 aromatic carbocycles. The minimum absolute atomic E-state index is 0.0221. The highest BCUT2D eigenvalue weighted by molar-refractivity contribution is 5.96. The summed E-state index contributed by atoms with van der Waals surface area (Å²) >= 11 is 0. The molecule has 1 N–H and O–H groups in total. The molecular weight excluding hydrogens is 248 g/mol. The number of aromatic nitrogens is 2. The van der Waals surface area contributed by atoms with Crippen LogP contribution in [0.15, 0.2) is 18.5 Å². The van der Waals surface area contributed by atoms with E-state index < -0.39 is 0 Å². The quantitative estimate of drug-likeness (QED) is 0.803. The summed E-state index contributed by atoms with van der Waals surface area (Å²) in [5.74, 6) is -0.339. The first-order valence-electron chi connectivity index (χ1n) is 6.05. The number of carbonyl (C=O) groups is 2. The number of hydrogen-bond donors (Lipinski definition) is 1. The van der Waals surface area contributed by atoms with Gasteiger partial charge in [0.1, 0.15) is 0 Å². The summed E-state index contributed by atoms with van der Waals surface area (Å²) in [5, 5.41) is 2.61. The molecule has 1 aromatic heterocycles. The Morgan fingerprint density at radius 2 is 2.26 bits per heavy atom. The van der Waals surface area contributed by atoms with Crippen LogP contribution < -0.4 is 5.32 Å². The first-order valence-corrected chi connectivity index (χ1v) is 6.05. The van der Waals surface area contributed by atoms with Gasteiger partial charge in [0.2, 0.25) is 17.8 Å². The number of carbonyl (C=O) groups excluding carboxylic acids is 2. The lowest BCUT2D eigenvalue weighted by Gasteiger charge is -2.15. The van der Waals surface area contributed by atoms with E-state index >= 15 is 0 Å². The van der Waals surface area contributed by atoms with Crippen molar-refractivity contribution in [2.45, 2.75) is 6.42 Å². The number of rotatable bonds is 5. The van der Waals surface area contributed by atoms with Gasteiger partial charge in [-0.1, -0.05) is 0 Å². The maximum absolute atomic E-state index is 12.0. The van der Waals surface area contributed by atoms with E-state index in [0.29, 0.717) is 19.7 Å². The average molecular weight is 264 g/mol. The molecule has 0 aliphatic carbocycles. The SMILES string of the molecule is COCCN1CC(C(=O)Nc2ncccn2)CC1=O. The van der Waals surface area contributed by atoms with Gasteiger partial charge in [0, 0.05) is 39.0 Å². The molecule has 1 atom stereocenters. The van der Waals surface area contributed by atoms with Crippen molar-refractivity contribution in [2.75, 3.05) is 32.1 Å². The monoisotopic (exact) mass is 264 g/mol. The van der Waals surface area contributed by atoms with Crippen molar-refractivity contribution in [3.05, 3.63) is 18.5 Å². The van der Waals surface area contributed by atoms with Gasteiger partial charge in [-0.2, -0.15) is 0 Å². The predicted octanol–water partition coefficient (Wildman–Crippen LogP) is -0.0900. The average Bonchev–Trinajstić information content (AvgIpc) is 2.79. The Bertz CT molecular complexity index is 452. The molecule has 0 radical (unpaired) electrons. The molecule has 0 spiro atoms. The molecule has 7 nitrogen and oxygen atoms in total. The summed E-state index contributed by atoms with van der Waals surface area (Å²) in [7, 11) is 1.58. The van der Waals surface area contributed by atoms with Crippen molar-refractivity contribution in [3.8, 4) is 0 Å². The van der Waals surface area contributed by atoms with Crippen molar-refractivity contribution in [1.29, 1.82) is 0 Å². The molecule has 1 aliphatic heterocycles. The van der Waals surface area contributed by atoms with Crippen molar-refractivity contribution in [3.63, 3.8) is 0 Å². The second kappa shape index (κ2) is 6.24. The van der Waals surface area contributed by atoms with Crippen LogP contribution in [0.5, 0.6) is 0 Å². The minimum atomic E-state index is -0.354. The maximum Gasteiger partial charge on any atom is 0.232 e. The molecule has 2 heterocycles. The molecule has 2 rings (SSSR count). The van der Waals surface area contributed by atoms with Gasteiger partial charge in [0.05, 0.1) is 12.5 Å². The fourth-order valence-corrected chi connectivity index (χ4v) is 1.94. The third-order valence-corrected chi connectivity index (χ3v) is 2.95. The highest BCUT2D eigenvalue weighted by Gasteiger charge is 2.34. The van der Waals surface area contributed by atoms with E-state index in [1.54, 1.807) is 30.5 Å². The Labute approximate surface area is 111 Å². The molecule has 7 heteroatoms. The predicted molar refractivity (Wildman–Crippen MR) is 67.2 cm³/mol. The maximum atomic E-state index is 12.0. The zero-order valence-electron chi connectivity index (χ0n) is 10.7. The summed E-state index contributed by atoms with van der Waals surface area (Å²) in [4.78, 5) is 33.2. The van der Waals surface area contributed by atoms with Gasteiger partial charge in [-0.3, -0.25) is 14.9 Å². The largest absolute Gasteiger partial charge is 0.383 e. The fourth-order valence-electron chi connectivity index (χ4n) is 1.94. The number of likely N-dealkylation sites (tertiary alicyclic amines) is 1. The molecule has 19 heavy (non-hydrogen) atoms. The Morgan fingerprint density at radius 1 is 1.53 bits per heavy atom. The molecule has 102 valence electrons. The van der Waals surface area contributed by atoms with Crippen LogP contribution in [0, 0.1) is 5.92 Å². The summed E-state index contributed by atoms with van der Waals surface area (Å²) in [6.07, 6.45) is 3.32. The lowest BCUT2D eigenvalue weighted by molar-refractivity contribution is -0.128. The van der Waals surface area contributed by atoms with Crippen LogP contribution >= 0.6 is 0 Å². The van der Waals surface area contributed by atoms with E-state index in [9.17, 15) is 9.59 Å². The summed E-state index contributed by atoms with van der Waals surface area (Å²) in [5.41, 5.74) is 0. The smallest absolute Gasteiger partial charge is 0.232 e. The summed E-state index contributed by atoms with van der Waals surface area (Å²) in [6.45, 7) is 1.41. The van der Waals surface area contributed by atoms with Crippen LogP contribution in [0.3, 0.4) is 0 Å². The molecular formula is C12H16N4O3. The number of ether oxygens (including phenoxy) is 1. The third-order valence-electron chi connectivity index (χ3n) is 2.95. The van der Waals surface area contributed by atoms with Crippen LogP contribution in [-0.4, -0.2) is 53.5 Å². The van der Waals surface area contributed by atoms with E-state index in [2.05, 4.69) is 15.3 Å². The summed E-state index contributed by atoms with van der Waals surface area (Å²) < 4.78 is 4.93. The number of amides is 2. The van der Waals surface area contributed by atoms with E-state index in [-0.39, 0.29) is 30.1 Å². The van der Waals surface area contributed by atoms with Crippen molar-refractivity contribution in [2.24, 2.45) is 5.92 Å². The lowest BCUT2D eigenvalue weighted by Crippen LogP contribution is -2.31. The standard InChI is InChI=1S/C12H16N4O3/c1-19-6-5-16-8-9(7-10(16)17)11(18)15-12-13-3-2-4-14-12/h2-4,9H,5-8H2,1H3,(H,13,14,15,18). The first kappa shape index (κ1) is 13.4. The normalized spacial score (nSPS) is 18.7. The fraction of sp³-hybridized carbons (Fsp3) is 0.500. The third kappa shape index (κ3) is 3.47. The molecule has 1 saturated heterocycles. The molecule has 0 bridgehead atoms. The molecule has 1 aromatic rings. The zero-order valence-corrected chi connectivity index (χ0v) is 10.7. The van der Waals surface area contributed by atoms with Gasteiger partial charge in [-0.05, 0) is 6.07 Å². The molecule has 1 aliphatic rings. The van der Waals surface area contributed by atoms with Gasteiger partial charge in [0.25, 0.3) is 0 Å².